The lowest BCUT2D eigenvalue weighted by atomic mass is 10.1. The van der Waals surface area contributed by atoms with Gasteiger partial charge in [-0.15, -0.1) is 0 Å². The fraction of sp³-hybridized carbons (Fsp3) is 0.174. The Morgan fingerprint density at radius 2 is 1.50 bits per heavy atom. The number of nitrogens with one attached hydrogen (secondary N) is 1. The van der Waals surface area contributed by atoms with Gasteiger partial charge in [-0.3, -0.25) is 4.79 Å². The van der Waals surface area contributed by atoms with Crippen LogP contribution in [0.5, 0.6) is 17.2 Å². The second-order valence-electron chi connectivity index (χ2n) is 6.13. The van der Waals surface area contributed by atoms with Crippen LogP contribution in [0.2, 0.25) is 0 Å². The molecule has 1 amide bonds. The predicted octanol–water partition coefficient (Wildman–Crippen LogP) is 4.21. The molecule has 0 radical (unpaired) electrons. The lowest BCUT2D eigenvalue weighted by molar-refractivity contribution is 0.0950. The summed E-state index contributed by atoms with van der Waals surface area (Å²) in [4.78, 5) is 12.5. The van der Waals surface area contributed by atoms with Crippen LogP contribution in [0.3, 0.4) is 0 Å². The van der Waals surface area contributed by atoms with Crippen molar-refractivity contribution in [3.63, 3.8) is 0 Å². The van der Waals surface area contributed by atoms with Gasteiger partial charge < -0.3 is 19.5 Å². The molecule has 0 fully saturated rings. The van der Waals surface area contributed by atoms with Gasteiger partial charge in [-0.2, -0.15) is 0 Å². The highest BCUT2D eigenvalue weighted by Gasteiger charge is 2.12. The van der Waals surface area contributed by atoms with Crippen LogP contribution < -0.4 is 19.5 Å². The molecule has 1 N–H and O–H groups in total. The van der Waals surface area contributed by atoms with Crippen molar-refractivity contribution in [1.82, 2.24) is 5.32 Å². The molecule has 5 nitrogen and oxygen atoms in total. The van der Waals surface area contributed by atoms with E-state index in [-0.39, 0.29) is 12.5 Å². The van der Waals surface area contributed by atoms with Crippen LogP contribution in [0.4, 0.5) is 0 Å². The number of methoxy groups -OCH3 is 2. The molecule has 0 aromatic heterocycles. The maximum absolute atomic E-state index is 12.5. The summed E-state index contributed by atoms with van der Waals surface area (Å²) in [5.74, 6) is 1.80. The van der Waals surface area contributed by atoms with Crippen LogP contribution in [-0.4, -0.2) is 20.1 Å². The summed E-state index contributed by atoms with van der Waals surface area (Å²) in [6.07, 6.45) is 0. The summed E-state index contributed by atoms with van der Waals surface area (Å²) in [6.45, 7) is 0.724. The minimum atomic E-state index is -0.148. The van der Waals surface area contributed by atoms with Gasteiger partial charge >= 0.3 is 0 Å². The van der Waals surface area contributed by atoms with Gasteiger partial charge in [0.15, 0.2) is 11.5 Å². The van der Waals surface area contributed by atoms with Gasteiger partial charge in [-0.05, 0) is 35.9 Å². The topological polar surface area (TPSA) is 56.8 Å². The van der Waals surface area contributed by atoms with Crippen LogP contribution in [0.15, 0.2) is 72.8 Å². The predicted molar refractivity (Wildman–Crippen MR) is 108 cm³/mol. The number of rotatable bonds is 8. The summed E-state index contributed by atoms with van der Waals surface area (Å²) >= 11 is 0. The van der Waals surface area contributed by atoms with E-state index in [2.05, 4.69) is 5.32 Å². The first kappa shape index (κ1) is 19.3. The standard InChI is InChI=1S/C23H23NO4/c1-26-20-13-12-18(23(25)24-15-17-8-4-3-5-9-17)14-19(20)16-28-22-11-7-6-10-21(22)27-2/h3-14H,15-16H2,1-2H3,(H,24,25). The zero-order chi connectivity index (χ0) is 19.8. The molecule has 0 saturated heterocycles. The molecule has 3 aromatic rings. The Bertz CT molecular complexity index is 925. The van der Waals surface area contributed by atoms with Crippen molar-refractivity contribution in [3.8, 4) is 17.2 Å². The quantitative estimate of drug-likeness (QED) is 0.639. The number of amides is 1. The van der Waals surface area contributed by atoms with Crippen LogP contribution in [0.25, 0.3) is 0 Å². The third-order valence-electron chi connectivity index (χ3n) is 4.29. The second-order valence-corrected chi connectivity index (χ2v) is 6.13. The molecule has 144 valence electrons. The normalized spacial score (nSPS) is 10.2. The molecule has 0 heterocycles. The molecule has 3 aromatic carbocycles. The summed E-state index contributed by atoms with van der Waals surface area (Å²) < 4.78 is 16.6. The number of hydrogen-bond donors (Lipinski definition) is 1. The van der Waals surface area contributed by atoms with Crippen molar-refractivity contribution in [2.45, 2.75) is 13.2 Å². The summed E-state index contributed by atoms with van der Waals surface area (Å²) in [5.41, 5.74) is 2.38. The molecule has 0 aliphatic rings. The Morgan fingerprint density at radius 3 is 2.21 bits per heavy atom. The minimum Gasteiger partial charge on any atom is -0.496 e. The lowest BCUT2D eigenvalue weighted by Crippen LogP contribution is -2.23. The van der Waals surface area contributed by atoms with E-state index in [0.29, 0.717) is 29.4 Å². The van der Waals surface area contributed by atoms with Gasteiger partial charge in [0, 0.05) is 17.7 Å². The van der Waals surface area contributed by atoms with Gasteiger partial charge in [0.1, 0.15) is 12.4 Å². The molecule has 5 heteroatoms. The monoisotopic (exact) mass is 377 g/mol. The highest BCUT2D eigenvalue weighted by molar-refractivity contribution is 5.94. The number of hydrogen-bond acceptors (Lipinski definition) is 4. The summed E-state index contributed by atoms with van der Waals surface area (Å²) in [6, 6.07) is 22.5. The van der Waals surface area contributed by atoms with Crippen molar-refractivity contribution >= 4 is 5.91 Å². The molecule has 28 heavy (non-hydrogen) atoms. The Labute approximate surface area is 164 Å². The molecule has 0 atom stereocenters. The third-order valence-corrected chi connectivity index (χ3v) is 4.29. The van der Waals surface area contributed by atoms with Gasteiger partial charge in [0.25, 0.3) is 5.91 Å². The van der Waals surface area contributed by atoms with Crippen LogP contribution in [0.1, 0.15) is 21.5 Å². The molecule has 0 unspecified atom stereocenters. The third kappa shape index (κ3) is 4.82. The summed E-state index contributed by atoms with van der Waals surface area (Å²) in [7, 11) is 3.19. The first-order chi connectivity index (χ1) is 13.7. The van der Waals surface area contributed by atoms with E-state index in [4.69, 9.17) is 14.2 Å². The first-order valence-corrected chi connectivity index (χ1v) is 8.96. The molecular weight excluding hydrogens is 354 g/mol. The number of para-hydroxylation sites is 2. The highest BCUT2D eigenvalue weighted by atomic mass is 16.5. The fourth-order valence-corrected chi connectivity index (χ4v) is 2.81. The van der Waals surface area contributed by atoms with Crippen molar-refractivity contribution in [1.29, 1.82) is 0 Å². The van der Waals surface area contributed by atoms with E-state index in [0.717, 1.165) is 11.1 Å². The first-order valence-electron chi connectivity index (χ1n) is 8.96. The molecule has 0 bridgehead atoms. The zero-order valence-electron chi connectivity index (χ0n) is 16.0. The SMILES string of the molecule is COc1ccc(C(=O)NCc2ccccc2)cc1COc1ccccc1OC. The lowest BCUT2D eigenvalue weighted by Gasteiger charge is -2.14. The largest absolute Gasteiger partial charge is 0.496 e. The van der Waals surface area contributed by atoms with Crippen molar-refractivity contribution < 1.29 is 19.0 Å². The number of carbonyl (C=O) groups excluding carboxylic acids is 1. The Balaban J connectivity index is 1.71. The van der Waals surface area contributed by atoms with Crippen molar-refractivity contribution in [2.75, 3.05) is 14.2 Å². The zero-order valence-corrected chi connectivity index (χ0v) is 16.0. The Hall–Kier alpha value is -3.47. The molecule has 0 saturated carbocycles. The maximum Gasteiger partial charge on any atom is 0.251 e. The summed E-state index contributed by atoms with van der Waals surface area (Å²) in [5, 5.41) is 2.93. The smallest absolute Gasteiger partial charge is 0.251 e. The van der Waals surface area contributed by atoms with Crippen molar-refractivity contribution in [2.24, 2.45) is 0 Å². The molecule has 0 aliphatic heterocycles. The second kappa shape index (κ2) is 9.46. The van der Waals surface area contributed by atoms with Gasteiger partial charge in [0.2, 0.25) is 0 Å². The van der Waals surface area contributed by atoms with E-state index in [9.17, 15) is 4.79 Å². The fourth-order valence-electron chi connectivity index (χ4n) is 2.81. The Morgan fingerprint density at radius 1 is 0.821 bits per heavy atom. The van der Waals surface area contributed by atoms with E-state index in [1.54, 1.807) is 32.4 Å². The van der Waals surface area contributed by atoms with Crippen LogP contribution in [0, 0.1) is 0 Å². The highest BCUT2D eigenvalue weighted by Crippen LogP contribution is 2.28. The van der Waals surface area contributed by atoms with Gasteiger partial charge in [0.05, 0.1) is 14.2 Å². The van der Waals surface area contributed by atoms with Gasteiger partial charge in [-0.1, -0.05) is 42.5 Å². The molecular formula is C23H23NO4. The minimum absolute atomic E-state index is 0.148. The van der Waals surface area contributed by atoms with Crippen LogP contribution in [-0.2, 0) is 13.2 Å². The van der Waals surface area contributed by atoms with E-state index < -0.39 is 0 Å². The number of carbonyl (C=O) groups is 1. The van der Waals surface area contributed by atoms with Crippen LogP contribution >= 0.6 is 0 Å². The van der Waals surface area contributed by atoms with Crippen molar-refractivity contribution in [3.05, 3.63) is 89.5 Å². The van der Waals surface area contributed by atoms with E-state index in [1.165, 1.54) is 0 Å². The number of ether oxygens (including phenoxy) is 3. The average Bonchev–Trinajstić information content (AvgIpc) is 2.76. The Kier molecular flexibility index (Phi) is 6.52. The van der Waals surface area contributed by atoms with E-state index in [1.807, 2.05) is 54.6 Å². The molecule has 3 rings (SSSR count). The molecule has 0 aliphatic carbocycles. The van der Waals surface area contributed by atoms with E-state index >= 15 is 0 Å². The number of benzene rings is 3. The average molecular weight is 377 g/mol. The maximum atomic E-state index is 12.5. The van der Waals surface area contributed by atoms with Gasteiger partial charge in [-0.25, -0.2) is 0 Å². The molecule has 0 spiro atoms.